The lowest BCUT2D eigenvalue weighted by Crippen LogP contribution is -2.29. The second-order valence-corrected chi connectivity index (χ2v) is 2.69. The first-order valence-corrected chi connectivity index (χ1v) is 3.71. The summed E-state index contributed by atoms with van der Waals surface area (Å²) in [6.45, 7) is 0. The second-order valence-electron chi connectivity index (χ2n) is 2.69. The van der Waals surface area contributed by atoms with Gasteiger partial charge in [-0.2, -0.15) is 0 Å². The molecule has 1 heterocycles. The first kappa shape index (κ1) is 7.79. The van der Waals surface area contributed by atoms with Crippen LogP contribution in [-0.2, 0) is 9.53 Å². The third kappa shape index (κ3) is 1.07. The number of hydrogen-bond acceptors (Lipinski definition) is 4. The van der Waals surface area contributed by atoms with Crippen molar-refractivity contribution in [2.24, 2.45) is 0 Å². The smallest absolute Gasteiger partial charge is 0.339 e. The Hall–Kier alpha value is -1.84. The molecule has 66 valence electrons. The van der Waals surface area contributed by atoms with Gasteiger partial charge in [-0.15, -0.1) is 0 Å². The highest BCUT2D eigenvalue weighted by atomic mass is 16.6. The van der Waals surface area contributed by atoms with E-state index in [1.807, 2.05) is 0 Å². The SMILES string of the molecule is O=C1O[C@H](C(=O)[O-])c2ccccc21. The van der Waals surface area contributed by atoms with Crippen LogP contribution in [0.3, 0.4) is 0 Å². The quantitative estimate of drug-likeness (QED) is 0.550. The van der Waals surface area contributed by atoms with Crippen LogP contribution in [0.4, 0.5) is 0 Å². The highest BCUT2D eigenvalue weighted by molar-refractivity contribution is 5.97. The maximum atomic E-state index is 11.1. The Morgan fingerprint density at radius 1 is 1.38 bits per heavy atom. The standard InChI is InChI=1S/C9H6O4/c10-8(11)7-5-3-1-2-4-6(5)9(12)13-7/h1-4,7H,(H,10,11)/p-1/t7-/m0/s1. The van der Waals surface area contributed by atoms with E-state index in [0.717, 1.165) is 0 Å². The molecule has 0 N–H and O–H groups in total. The van der Waals surface area contributed by atoms with Crippen LogP contribution < -0.4 is 5.11 Å². The molecule has 4 nitrogen and oxygen atoms in total. The molecule has 0 unspecified atom stereocenters. The van der Waals surface area contributed by atoms with Gasteiger partial charge in [-0.3, -0.25) is 0 Å². The molecule has 0 aliphatic carbocycles. The molecule has 1 atom stereocenters. The van der Waals surface area contributed by atoms with Gasteiger partial charge in [0.05, 0.1) is 11.5 Å². The van der Waals surface area contributed by atoms with Gasteiger partial charge in [0.1, 0.15) is 0 Å². The second kappa shape index (κ2) is 2.58. The van der Waals surface area contributed by atoms with Crippen LogP contribution in [0.5, 0.6) is 0 Å². The summed E-state index contributed by atoms with van der Waals surface area (Å²) >= 11 is 0. The van der Waals surface area contributed by atoms with E-state index in [-0.39, 0.29) is 0 Å². The number of carbonyl (C=O) groups is 2. The minimum atomic E-state index is -1.39. The first-order chi connectivity index (χ1) is 6.20. The molecule has 2 rings (SSSR count). The van der Waals surface area contributed by atoms with E-state index in [4.69, 9.17) is 0 Å². The van der Waals surface area contributed by atoms with E-state index in [1.165, 1.54) is 6.07 Å². The lowest BCUT2D eigenvalue weighted by atomic mass is 10.1. The number of benzene rings is 1. The molecular weight excluding hydrogens is 172 g/mol. The molecule has 0 saturated heterocycles. The summed E-state index contributed by atoms with van der Waals surface area (Å²) in [7, 11) is 0. The number of carbonyl (C=O) groups excluding carboxylic acids is 2. The highest BCUT2D eigenvalue weighted by Crippen LogP contribution is 2.29. The van der Waals surface area contributed by atoms with Gasteiger partial charge in [0.25, 0.3) is 0 Å². The zero-order valence-corrected chi connectivity index (χ0v) is 6.52. The third-order valence-electron chi connectivity index (χ3n) is 1.90. The molecule has 1 aliphatic heterocycles. The van der Waals surface area contributed by atoms with Crippen LogP contribution in [0.1, 0.15) is 22.0 Å². The number of carboxylic acids is 1. The maximum absolute atomic E-state index is 11.1. The number of fused-ring (bicyclic) bond motifs is 1. The molecule has 1 aliphatic rings. The summed E-state index contributed by atoms with van der Waals surface area (Å²) in [4.78, 5) is 21.6. The summed E-state index contributed by atoms with van der Waals surface area (Å²) in [5, 5.41) is 10.5. The van der Waals surface area contributed by atoms with Crippen LogP contribution in [0.15, 0.2) is 24.3 Å². The number of ether oxygens (including phenoxy) is 1. The molecule has 0 bridgehead atoms. The van der Waals surface area contributed by atoms with Crippen molar-refractivity contribution in [3.05, 3.63) is 35.4 Å². The average molecular weight is 177 g/mol. The first-order valence-electron chi connectivity index (χ1n) is 3.71. The van der Waals surface area contributed by atoms with E-state index >= 15 is 0 Å². The van der Waals surface area contributed by atoms with Crippen molar-refractivity contribution < 1.29 is 19.4 Å². The fourth-order valence-corrected chi connectivity index (χ4v) is 1.32. The minimum Gasteiger partial charge on any atom is -0.546 e. The predicted octanol–water partition coefficient (Wildman–Crippen LogP) is -0.352. The molecule has 0 radical (unpaired) electrons. The van der Waals surface area contributed by atoms with Crippen molar-refractivity contribution in [3.8, 4) is 0 Å². The Bertz CT molecular complexity index is 383. The number of aliphatic carboxylic acids is 1. The lowest BCUT2D eigenvalue weighted by molar-refractivity contribution is -0.314. The lowest BCUT2D eigenvalue weighted by Gasteiger charge is -2.10. The summed E-state index contributed by atoms with van der Waals surface area (Å²) in [5.41, 5.74) is 0.671. The molecule has 4 heteroatoms. The molecule has 1 aromatic rings. The molecule has 13 heavy (non-hydrogen) atoms. The van der Waals surface area contributed by atoms with E-state index < -0.39 is 18.0 Å². The molecule has 0 saturated carbocycles. The van der Waals surface area contributed by atoms with E-state index in [0.29, 0.717) is 11.1 Å². The number of hydrogen-bond donors (Lipinski definition) is 0. The van der Waals surface area contributed by atoms with Gasteiger partial charge < -0.3 is 14.6 Å². The van der Waals surface area contributed by atoms with Gasteiger partial charge in [-0.05, 0) is 6.07 Å². The van der Waals surface area contributed by atoms with Gasteiger partial charge >= 0.3 is 5.97 Å². The van der Waals surface area contributed by atoms with Crippen molar-refractivity contribution in [2.75, 3.05) is 0 Å². The van der Waals surface area contributed by atoms with Crippen LogP contribution in [0.2, 0.25) is 0 Å². The Balaban J connectivity index is 2.53. The number of carboxylic acid groups (broad SMARTS) is 1. The van der Waals surface area contributed by atoms with E-state index in [2.05, 4.69) is 4.74 Å². The van der Waals surface area contributed by atoms with Crippen molar-refractivity contribution in [1.82, 2.24) is 0 Å². The van der Waals surface area contributed by atoms with E-state index in [1.54, 1.807) is 18.2 Å². The zero-order valence-electron chi connectivity index (χ0n) is 6.52. The van der Waals surface area contributed by atoms with Gasteiger partial charge in [-0.1, -0.05) is 18.2 Å². The fourth-order valence-electron chi connectivity index (χ4n) is 1.32. The monoisotopic (exact) mass is 177 g/mol. The van der Waals surface area contributed by atoms with Crippen LogP contribution >= 0.6 is 0 Å². The predicted molar refractivity (Wildman–Crippen MR) is 39.6 cm³/mol. The largest absolute Gasteiger partial charge is 0.546 e. The maximum Gasteiger partial charge on any atom is 0.339 e. The number of rotatable bonds is 1. The van der Waals surface area contributed by atoms with Crippen molar-refractivity contribution in [1.29, 1.82) is 0 Å². The summed E-state index contributed by atoms with van der Waals surface area (Å²) in [6.07, 6.45) is -1.25. The number of cyclic esters (lactones) is 1. The van der Waals surface area contributed by atoms with Crippen LogP contribution in [0, 0.1) is 0 Å². The fraction of sp³-hybridized carbons (Fsp3) is 0.111. The highest BCUT2D eigenvalue weighted by Gasteiger charge is 2.30. The molecule has 1 aromatic carbocycles. The molecule has 0 amide bonds. The van der Waals surface area contributed by atoms with Crippen LogP contribution in [0.25, 0.3) is 0 Å². The molecular formula is C9H5O4-. The van der Waals surface area contributed by atoms with Gasteiger partial charge in [0.15, 0.2) is 6.10 Å². The van der Waals surface area contributed by atoms with Crippen LogP contribution in [-0.4, -0.2) is 11.9 Å². The topological polar surface area (TPSA) is 66.4 Å². The molecule has 0 spiro atoms. The van der Waals surface area contributed by atoms with Gasteiger partial charge in [0, 0.05) is 5.56 Å². The zero-order chi connectivity index (χ0) is 9.42. The molecule has 0 aromatic heterocycles. The average Bonchev–Trinajstić information content (AvgIpc) is 2.45. The summed E-state index contributed by atoms with van der Waals surface area (Å²) < 4.78 is 4.59. The Morgan fingerprint density at radius 3 is 2.77 bits per heavy atom. The Kier molecular flexibility index (Phi) is 1.55. The third-order valence-corrected chi connectivity index (χ3v) is 1.90. The normalized spacial score (nSPS) is 19.4. The molecule has 0 fully saturated rings. The summed E-state index contributed by atoms with van der Waals surface area (Å²) in [5.74, 6) is -2.00. The Labute approximate surface area is 73.8 Å². The number of esters is 1. The van der Waals surface area contributed by atoms with Crippen molar-refractivity contribution in [3.63, 3.8) is 0 Å². The Morgan fingerprint density at radius 2 is 2.08 bits per heavy atom. The van der Waals surface area contributed by atoms with Crippen molar-refractivity contribution >= 4 is 11.9 Å². The van der Waals surface area contributed by atoms with Gasteiger partial charge in [0.2, 0.25) is 0 Å². The van der Waals surface area contributed by atoms with E-state index in [9.17, 15) is 14.7 Å². The van der Waals surface area contributed by atoms with Crippen molar-refractivity contribution in [2.45, 2.75) is 6.10 Å². The van der Waals surface area contributed by atoms with Gasteiger partial charge in [-0.25, -0.2) is 4.79 Å². The summed E-state index contributed by atoms with van der Waals surface area (Å²) in [6, 6.07) is 6.37. The minimum absolute atomic E-state index is 0.303.